The molecule has 0 aliphatic carbocycles. The van der Waals surface area contributed by atoms with Crippen LogP contribution < -0.4 is 5.32 Å². The van der Waals surface area contributed by atoms with Crippen molar-refractivity contribution in [3.05, 3.63) is 68.5 Å². The van der Waals surface area contributed by atoms with Crippen LogP contribution in [0.5, 0.6) is 0 Å². The molecule has 1 amide bonds. The van der Waals surface area contributed by atoms with Crippen LogP contribution in [0.25, 0.3) is 10.1 Å². The van der Waals surface area contributed by atoms with Gasteiger partial charge in [-0.2, -0.15) is 0 Å². The van der Waals surface area contributed by atoms with Crippen LogP contribution in [0.15, 0.2) is 40.9 Å². The fourth-order valence-corrected chi connectivity index (χ4v) is 4.26. The standard InChI is InChI=1S/C18H14BrF2NO2S/c1-24-9-13-16-14(21)3-2-4-15(16)25-17(13)18(23)22-8-10-5-11(19)7-12(20)6-10/h2-7H,8-9H2,1H3,(H,22,23). The van der Waals surface area contributed by atoms with Crippen molar-refractivity contribution in [3.63, 3.8) is 0 Å². The van der Waals surface area contributed by atoms with Gasteiger partial charge in [-0.15, -0.1) is 11.3 Å². The van der Waals surface area contributed by atoms with E-state index in [1.807, 2.05) is 0 Å². The Morgan fingerprint density at radius 2 is 2.08 bits per heavy atom. The summed E-state index contributed by atoms with van der Waals surface area (Å²) in [6, 6.07) is 9.16. The number of fused-ring (bicyclic) bond motifs is 1. The number of hydrogen-bond acceptors (Lipinski definition) is 3. The van der Waals surface area contributed by atoms with Crippen molar-refractivity contribution < 1.29 is 18.3 Å². The number of halogens is 3. The molecule has 0 saturated heterocycles. The molecule has 0 radical (unpaired) electrons. The molecule has 1 N–H and O–H groups in total. The Kier molecular flexibility index (Phi) is 5.46. The first kappa shape index (κ1) is 18.0. The Hall–Kier alpha value is -1.83. The van der Waals surface area contributed by atoms with Crippen LogP contribution in [0.4, 0.5) is 8.78 Å². The fourth-order valence-electron chi connectivity index (χ4n) is 2.61. The van der Waals surface area contributed by atoms with Gasteiger partial charge < -0.3 is 10.1 Å². The Morgan fingerprint density at radius 1 is 1.28 bits per heavy atom. The van der Waals surface area contributed by atoms with Crippen molar-refractivity contribution in [3.8, 4) is 0 Å². The Labute approximate surface area is 155 Å². The largest absolute Gasteiger partial charge is 0.380 e. The molecule has 3 nitrogen and oxygen atoms in total. The van der Waals surface area contributed by atoms with E-state index in [4.69, 9.17) is 4.74 Å². The highest BCUT2D eigenvalue weighted by Crippen LogP contribution is 2.33. The third kappa shape index (κ3) is 3.89. The van der Waals surface area contributed by atoms with Gasteiger partial charge in [0.05, 0.1) is 11.5 Å². The Balaban J connectivity index is 1.89. The van der Waals surface area contributed by atoms with E-state index in [1.165, 1.54) is 36.6 Å². The van der Waals surface area contributed by atoms with Crippen LogP contribution in [-0.4, -0.2) is 13.0 Å². The molecule has 0 fully saturated rings. The highest BCUT2D eigenvalue weighted by Gasteiger charge is 2.20. The van der Waals surface area contributed by atoms with Crippen LogP contribution in [0.3, 0.4) is 0 Å². The van der Waals surface area contributed by atoms with E-state index in [0.717, 1.165) is 0 Å². The van der Waals surface area contributed by atoms with E-state index < -0.39 is 0 Å². The third-order valence-corrected chi connectivity index (χ3v) is 5.29. The maximum Gasteiger partial charge on any atom is 0.262 e. The lowest BCUT2D eigenvalue weighted by molar-refractivity contribution is 0.0950. The van der Waals surface area contributed by atoms with E-state index in [1.54, 1.807) is 18.2 Å². The van der Waals surface area contributed by atoms with Crippen molar-refractivity contribution in [1.82, 2.24) is 5.32 Å². The van der Waals surface area contributed by atoms with Crippen molar-refractivity contribution >= 4 is 43.3 Å². The number of benzene rings is 2. The van der Waals surface area contributed by atoms with E-state index in [-0.39, 0.29) is 30.7 Å². The topological polar surface area (TPSA) is 38.3 Å². The summed E-state index contributed by atoms with van der Waals surface area (Å²) in [5, 5.41) is 3.17. The zero-order chi connectivity index (χ0) is 18.0. The lowest BCUT2D eigenvalue weighted by atomic mass is 10.1. The first-order valence-electron chi connectivity index (χ1n) is 7.41. The quantitative estimate of drug-likeness (QED) is 0.623. The smallest absolute Gasteiger partial charge is 0.262 e. The number of amides is 1. The average molecular weight is 426 g/mol. The summed E-state index contributed by atoms with van der Waals surface area (Å²) in [5.41, 5.74) is 1.15. The van der Waals surface area contributed by atoms with Crippen LogP contribution in [0, 0.1) is 11.6 Å². The summed E-state index contributed by atoms with van der Waals surface area (Å²) in [5.74, 6) is -1.11. The first-order chi connectivity index (χ1) is 12.0. The predicted octanol–water partition coefficient (Wildman–Crippen LogP) is 5.02. The molecular formula is C18H14BrF2NO2S. The molecule has 0 spiro atoms. The minimum absolute atomic E-state index is 0.134. The zero-order valence-electron chi connectivity index (χ0n) is 13.2. The molecular weight excluding hydrogens is 412 g/mol. The van der Waals surface area contributed by atoms with Gasteiger partial charge in [0.1, 0.15) is 11.6 Å². The second kappa shape index (κ2) is 7.59. The van der Waals surface area contributed by atoms with Crippen LogP contribution in [-0.2, 0) is 17.9 Å². The monoisotopic (exact) mass is 425 g/mol. The molecule has 1 heterocycles. The number of ether oxygens (including phenoxy) is 1. The van der Waals surface area contributed by atoms with Crippen molar-refractivity contribution in [2.45, 2.75) is 13.2 Å². The van der Waals surface area contributed by atoms with Crippen molar-refractivity contribution in [2.75, 3.05) is 7.11 Å². The molecule has 0 aliphatic rings. The van der Waals surface area contributed by atoms with Gasteiger partial charge in [0.2, 0.25) is 0 Å². The molecule has 0 bridgehead atoms. The number of carbonyl (C=O) groups is 1. The van der Waals surface area contributed by atoms with Gasteiger partial charge in [-0.05, 0) is 35.9 Å². The molecule has 2 aromatic carbocycles. The minimum Gasteiger partial charge on any atom is -0.380 e. The SMILES string of the molecule is COCc1c(C(=O)NCc2cc(F)cc(Br)c2)sc2cccc(F)c12. The molecule has 25 heavy (non-hydrogen) atoms. The molecule has 130 valence electrons. The summed E-state index contributed by atoms with van der Waals surface area (Å²) in [7, 11) is 1.50. The summed E-state index contributed by atoms with van der Waals surface area (Å²) in [6.45, 7) is 0.299. The molecule has 1 aromatic heterocycles. The van der Waals surface area contributed by atoms with Crippen molar-refractivity contribution in [2.24, 2.45) is 0 Å². The van der Waals surface area contributed by atoms with Gasteiger partial charge >= 0.3 is 0 Å². The van der Waals surface area contributed by atoms with Crippen LogP contribution in [0.1, 0.15) is 20.8 Å². The van der Waals surface area contributed by atoms with E-state index >= 15 is 0 Å². The zero-order valence-corrected chi connectivity index (χ0v) is 15.6. The summed E-state index contributed by atoms with van der Waals surface area (Å²) >= 11 is 4.43. The van der Waals surface area contributed by atoms with Gasteiger partial charge in [0.25, 0.3) is 5.91 Å². The van der Waals surface area contributed by atoms with Gasteiger partial charge in [-0.25, -0.2) is 8.78 Å². The average Bonchev–Trinajstić information content (AvgIpc) is 2.92. The highest BCUT2D eigenvalue weighted by atomic mass is 79.9. The number of carbonyl (C=O) groups excluding carboxylic acids is 1. The number of hydrogen-bond donors (Lipinski definition) is 1. The molecule has 3 rings (SSSR count). The second-order valence-corrected chi connectivity index (χ2v) is 7.38. The fraction of sp³-hybridized carbons (Fsp3) is 0.167. The summed E-state index contributed by atoms with van der Waals surface area (Å²) in [6.07, 6.45) is 0. The van der Waals surface area contributed by atoms with Crippen LogP contribution >= 0.6 is 27.3 Å². The predicted molar refractivity (Wildman–Crippen MR) is 97.8 cm³/mol. The van der Waals surface area contributed by atoms with E-state index in [2.05, 4.69) is 21.2 Å². The maximum atomic E-state index is 14.2. The lowest BCUT2D eigenvalue weighted by Gasteiger charge is -2.07. The molecule has 0 atom stereocenters. The van der Waals surface area contributed by atoms with E-state index in [9.17, 15) is 13.6 Å². The third-order valence-electron chi connectivity index (χ3n) is 3.63. The summed E-state index contributed by atoms with van der Waals surface area (Å²) in [4.78, 5) is 13.0. The Morgan fingerprint density at radius 3 is 2.80 bits per heavy atom. The lowest BCUT2D eigenvalue weighted by Crippen LogP contribution is -2.23. The van der Waals surface area contributed by atoms with Crippen LogP contribution in [0.2, 0.25) is 0 Å². The molecule has 3 aromatic rings. The number of nitrogens with one attached hydrogen (secondary N) is 1. The number of rotatable bonds is 5. The number of methoxy groups -OCH3 is 1. The molecule has 7 heteroatoms. The van der Waals surface area contributed by atoms with Gasteiger partial charge in [0, 0.05) is 33.8 Å². The van der Waals surface area contributed by atoms with Gasteiger partial charge in [-0.1, -0.05) is 22.0 Å². The normalized spacial score (nSPS) is 11.0. The summed E-state index contributed by atoms with van der Waals surface area (Å²) < 4.78 is 34.0. The highest BCUT2D eigenvalue weighted by molar-refractivity contribution is 9.10. The first-order valence-corrected chi connectivity index (χ1v) is 9.02. The molecule has 0 saturated carbocycles. The van der Waals surface area contributed by atoms with Gasteiger partial charge in [-0.3, -0.25) is 4.79 Å². The molecule has 0 aliphatic heterocycles. The van der Waals surface area contributed by atoms with Crippen molar-refractivity contribution in [1.29, 1.82) is 0 Å². The van der Waals surface area contributed by atoms with E-state index in [0.29, 0.717) is 30.6 Å². The van der Waals surface area contributed by atoms with Gasteiger partial charge in [0.15, 0.2) is 0 Å². The number of thiophene rings is 1. The minimum atomic E-state index is -0.386. The molecule has 0 unspecified atom stereocenters. The Bertz CT molecular complexity index is 922. The second-order valence-electron chi connectivity index (χ2n) is 5.42. The maximum absolute atomic E-state index is 14.2.